The van der Waals surface area contributed by atoms with Gasteiger partial charge in [-0.2, -0.15) is 0 Å². The maximum absolute atomic E-state index is 9.47. The quantitative estimate of drug-likeness (QED) is 0.846. The molecule has 2 aromatic rings. The van der Waals surface area contributed by atoms with E-state index in [0.29, 0.717) is 12.3 Å². The molecule has 2 rings (SSSR count). The summed E-state index contributed by atoms with van der Waals surface area (Å²) in [5.41, 5.74) is 2.13. The summed E-state index contributed by atoms with van der Waals surface area (Å²) in [5.74, 6) is 0.660. The van der Waals surface area contributed by atoms with E-state index in [-0.39, 0.29) is 5.75 Å². The van der Waals surface area contributed by atoms with Crippen molar-refractivity contribution in [2.75, 3.05) is 12.4 Å². The zero-order valence-electron chi connectivity index (χ0n) is 9.68. The lowest BCUT2D eigenvalue weighted by Crippen LogP contribution is -1.99. The number of hydrogen-bond acceptors (Lipinski definition) is 3. The number of ether oxygens (including phenoxy) is 1. The summed E-state index contributed by atoms with van der Waals surface area (Å²) in [7, 11) is 1.55. The van der Waals surface area contributed by atoms with Crippen LogP contribution in [0.25, 0.3) is 0 Å². The normalized spacial score (nSPS) is 9.94. The maximum Gasteiger partial charge on any atom is 0.160 e. The van der Waals surface area contributed by atoms with Gasteiger partial charge >= 0.3 is 0 Å². The predicted octanol–water partition coefficient (Wildman–Crippen LogP) is 3.01. The Kier molecular flexibility index (Phi) is 3.50. The van der Waals surface area contributed by atoms with Gasteiger partial charge < -0.3 is 15.2 Å². The maximum atomic E-state index is 9.47. The summed E-state index contributed by atoms with van der Waals surface area (Å²) < 4.78 is 5.06. The number of aromatic hydroxyl groups is 1. The molecule has 0 saturated heterocycles. The van der Waals surface area contributed by atoms with Crippen molar-refractivity contribution < 1.29 is 9.84 Å². The summed E-state index contributed by atoms with van der Waals surface area (Å²) in [6.45, 7) is 0.695. The molecule has 0 aromatic heterocycles. The Labute approximate surface area is 101 Å². The van der Waals surface area contributed by atoms with Crippen molar-refractivity contribution in [2.45, 2.75) is 6.54 Å². The Morgan fingerprint density at radius 3 is 2.59 bits per heavy atom. The van der Waals surface area contributed by atoms with Crippen LogP contribution in [0, 0.1) is 0 Å². The number of anilines is 1. The van der Waals surface area contributed by atoms with E-state index in [9.17, 15) is 5.11 Å². The summed E-state index contributed by atoms with van der Waals surface area (Å²) in [6, 6.07) is 15.3. The third-order valence-corrected chi connectivity index (χ3v) is 2.51. The molecule has 2 N–H and O–H groups in total. The van der Waals surface area contributed by atoms with Crippen LogP contribution in [-0.2, 0) is 6.54 Å². The molecule has 0 saturated carbocycles. The van der Waals surface area contributed by atoms with Crippen molar-refractivity contribution >= 4 is 5.69 Å². The van der Waals surface area contributed by atoms with E-state index in [1.165, 1.54) is 0 Å². The summed E-state index contributed by atoms with van der Waals surface area (Å²) >= 11 is 0. The lowest BCUT2D eigenvalue weighted by Gasteiger charge is -2.08. The second-order valence-electron chi connectivity index (χ2n) is 3.73. The Bertz CT molecular complexity index is 483. The predicted molar refractivity (Wildman–Crippen MR) is 68.4 cm³/mol. The molecular formula is C14H15NO2. The molecule has 0 spiro atoms. The highest BCUT2D eigenvalue weighted by Crippen LogP contribution is 2.26. The van der Waals surface area contributed by atoms with Gasteiger partial charge in [0.15, 0.2) is 11.5 Å². The Morgan fingerprint density at radius 1 is 1.12 bits per heavy atom. The smallest absolute Gasteiger partial charge is 0.160 e. The van der Waals surface area contributed by atoms with Crippen LogP contribution in [0.15, 0.2) is 48.5 Å². The number of phenolic OH excluding ortho intramolecular Hbond substituents is 1. The number of para-hydroxylation sites is 1. The zero-order valence-corrected chi connectivity index (χ0v) is 9.68. The van der Waals surface area contributed by atoms with Crippen molar-refractivity contribution in [1.82, 2.24) is 0 Å². The van der Waals surface area contributed by atoms with Gasteiger partial charge in [-0.05, 0) is 29.8 Å². The highest BCUT2D eigenvalue weighted by Gasteiger charge is 2.02. The van der Waals surface area contributed by atoms with Gasteiger partial charge in [-0.15, -0.1) is 0 Å². The first kappa shape index (κ1) is 11.3. The minimum Gasteiger partial charge on any atom is -0.504 e. The molecule has 0 aliphatic heterocycles. The first-order valence-electron chi connectivity index (χ1n) is 5.44. The fraction of sp³-hybridized carbons (Fsp3) is 0.143. The first-order valence-corrected chi connectivity index (χ1v) is 5.44. The van der Waals surface area contributed by atoms with Crippen LogP contribution in [-0.4, -0.2) is 12.2 Å². The standard InChI is InChI=1S/C14H15NO2/c1-17-14-9-11(7-8-13(14)16)10-15-12-5-3-2-4-6-12/h2-9,15-16H,10H2,1H3. The molecule has 2 aromatic carbocycles. The second-order valence-corrected chi connectivity index (χ2v) is 3.73. The number of benzene rings is 2. The zero-order chi connectivity index (χ0) is 12.1. The van der Waals surface area contributed by atoms with Gasteiger partial charge in [-0.1, -0.05) is 24.3 Å². The average Bonchev–Trinajstić information content (AvgIpc) is 2.39. The van der Waals surface area contributed by atoms with E-state index in [0.717, 1.165) is 11.3 Å². The molecule has 0 aliphatic carbocycles. The number of rotatable bonds is 4. The van der Waals surface area contributed by atoms with Crippen LogP contribution in [0.3, 0.4) is 0 Å². The van der Waals surface area contributed by atoms with Crippen LogP contribution < -0.4 is 10.1 Å². The highest BCUT2D eigenvalue weighted by atomic mass is 16.5. The van der Waals surface area contributed by atoms with Crippen molar-refractivity contribution in [3.8, 4) is 11.5 Å². The monoisotopic (exact) mass is 229 g/mol. The largest absolute Gasteiger partial charge is 0.504 e. The Morgan fingerprint density at radius 2 is 1.88 bits per heavy atom. The third-order valence-electron chi connectivity index (χ3n) is 2.51. The molecule has 0 radical (unpaired) electrons. The summed E-state index contributed by atoms with van der Waals surface area (Å²) in [5, 5.41) is 12.8. The van der Waals surface area contributed by atoms with Gasteiger partial charge in [0.05, 0.1) is 7.11 Å². The van der Waals surface area contributed by atoms with Crippen molar-refractivity contribution in [3.05, 3.63) is 54.1 Å². The lowest BCUT2D eigenvalue weighted by molar-refractivity contribution is 0.373. The van der Waals surface area contributed by atoms with E-state index in [2.05, 4.69) is 5.32 Å². The average molecular weight is 229 g/mol. The number of methoxy groups -OCH3 is 1. The fourth-order valence-corrected chi connectivity index (χ4v) is 1.59. The summed E-state index contributed by atoms with van der Waals surface area (Å²) in [4.78, 5) is 0. The second kappa shape index (κ2) is 5.25. The topological polar surface area (TPSA) is 41.5 Å². The van der Waals surface area contributed by atoms with Gasteiger partial charge in [-0.3, -0.25) is 0 Å². The lowest BCUT2D eigenvalue weighted by atomic mass is 10.2. The molecule has 0 fully saturated rings. The van der Waals surface area contributed by atoms with E-state index >= 15 is 0 Å². The molecule has 0 atom stereocenters. The van der Waals surface area contributed by atoms with E-state index in [4.69, 9.17) is 4.74 Å². The molecule has 0 bridgehead atoms. The van der Waals surface area contributed by atoms with Crippen LogP contribution in [0.2, 0.25) is 0 Å². The van der Waals surface area contributed by atoms with Crippen molar-refractivity contribution in [1.29, 1.82) is 0 Å². The number of hydrogen-bond donors (Lipinski definition) is 2. The number of phenols is 1. The molecule has 0 unspecified atom stereocenters. The van der Waals surface area contributed by atoms with Crippen LogP contribution in [0.1, 0.15) is 5.56 Å². The SMILES string of the molecule is COc1cc(CNc2ccccc2)ccc1O. The molecule has 17 heavy (non-hydrogen) atoms. The third kappa shape index (κ3) is 2.91. The van der Waals surface area contributed by atoms with Crippen LogP contribution in [0.4, 0.5) is 5.69 Å². The van der Waals surface area contributed by atoms with Gasteiger partial charge in [-0.25, -0.2) is 0 Å². The molecule has 0 amide bonds. The van der Waals surface area contributed by atoms with Gasteiger partial charge in [0, 0.05) is 12.2 Å². The molecule has 0 aliphatic rings. The minimum absolute atomic E-state index is 0.163. The first-order chi connectivity index (χ1) is 8.29. The van der Waals surface area contributed by atoms with E-state index in [1.54, 1.807) is 13.2 Å². The van der Waals surface area contributed by atoms with Crippen molar-refractivity contribution in [3.63, 3.8) is 0 Å². The molecular weight excluding hydrogens is 214 g/mol. The van der Waals surface area contributed by atoms with Gasteiger partial charge in [0.2, 0.25) is 0 Å². The Balaban J connectivity index is 2.04. The molecule has 88 valence electrons. The summed E-state index contributed by atoms with van der Waals surface area (Å²) in [6.07, 6.45) is 0. The van der Waals surface area contributed by atoms with Crippen molar-refractivity contribution in [2.24, 2.45) is 0 Å². The molecule has 3 heteroatoms. The minimum atomic E-state index is 0.163. The van der Waals surface area contributed by atoms with Gasteiger partial charge in [0.1, 0.15) is 0 Å². The fourth-order valence-electron chi connectivity index (χ4n) is 1.59. The van der Waals surface area contributed by atoms with E-state index in [1.807, 2.05) is 42.5 Å². The molecule has 3 nitrogen and oxygen atoms in total. The Hall–Kier alpha value is -2.16. The highest BCUT2D eigenvalue weighted by molar-refractivity contribution is 5.46. The van der Waals surface area contributed by atoms with Gasteiger partial charge in [0.25, 0.3) is 0 Å². The number of nitrogens with one attached hydrogen (secondary N) is 1. The molecule has 0 heterocycles. The van der Waals surface area contributed by atoms with Crippen LogP contribution >= 0.6 is 0 Å². The van der Waals surface area contributed by atoms with Crippen LogP contribution in [0.5, 0.6) is 11.5 Å². The van der Waals surface area contributed by atoms with E-state index < -0.39 is 0 Å².